The van der Waals surface area contributed by atoms with Crippen molar-refractivity contribution in [3.05, 3.63) is 77.4 Å². The highest BCUT2D eigenvalue weighted by Crippen LogP contribution is 2.66. The van der Waals surface area contributed by atoms with E-state index in [0.29, 0.717) is 56.8 Å². The Bertz CT molecular complexity index is 1550. The minimum Gasteiger partial charge on any atom is -0.483 e. The summed E-state index contributed by atoms with van der Waals surface area (Å²) in [7, 11) is 0. The predicted molar refractivity (Wildman–Crippen MR) is 163 cm³/mol. The number of likely N-dealkylation sites (tertiary alicyclic amines) is 1. The number of benzene rings is 2. The Hall–Kier alpha value is -3.63. The van der Waals surface area contributed by atoms with Gasteiger partial charge in [0.15, 0.2) is 11.5 Å². The van der Waals surface area contributed by atoms with Crippen LogP contribution in [-0.2, 0) is 27.6 Å². The number of aliphatic hydroxyl groups is 1. The average molecular weight is 625 g/mol. The topological polar surface area (TPSA) is 79.3 Å². The SMILES string of the molecule is C=CCN1CC[C@]23c4c5ccc(OC(C)=O)c4O[C@H]2[C@H](N(CC(C)C)C(=O)C=Cc2cccc(C(F)(F)F)c2)CC[C@@]3(O)[C@H]1C5. The molecule has 0 radical (unpaired) electrons. The molecular weight excluding hydrogens is 585 g/mol. The normalized spacial score (nSPS) is 28.5. The fourth-order valence-electron chi connectivity index (χ4n) is 8.40. The highest BCUT2D eigenvalue weighted by molar-refractivity contribution is 5.92. The summed E-state index contributed by atoms with van der Waals surface area (Å²) in [5.74, 6) is -0.00251. The maximum atomic E-state index is 14.0. The smallest absolute Gasteiger partial charge is 0.416 e. The fourth-order valence-corrected chi connectivity index (χ4v) is 8.40. The average Bonchev–Trinajstić information content (AvgIpc) is 3.32. The maximum Gasteiger partial charge on any atom is 0.416 e. The second kappa shape index (κ2) is 11.3. The Balaban J connectivity index is 1.42. The molecule has 7 nitrogen and oxygen atoms in total. The van der Waals surface area contributed by atoms with Gasteiger partial charge in [-0.05, 0) is 73.5 Å². The van der Waals surface area contributed by atoms with E-state index < -0.39 is 40.9 Å². The van der Waals surface area contributed by atoms with E-state index in [-0.39, 0.29) is 23.4 Å². The van der Waals surface area contributed by atoms with Crippen molar-refractivity contribution in [1.82, 2.24) is 9.80 Å². The summed E-state index contributed by atoms with van der Waals surface area (Å²) in [6, 6.07) is 7.92. The predicted octanol–water partition coefficient (Wildman–Crippen LogP) is 5.54. The van der Waals surface area contributed by atoms with Gasteiger partial charge in [-0.25, -0.2) is 0 Å². The maximum absolute atomic E-state index is 14.0. The van der Waals surface area contributed by atoms with Gasteiger partial charge in [0.05, 0.1) is 22.6 Å². The first-order valence-electron chi connectivity index (χ1n) is 15.5. The third-order valence-corrected chi connectivity index (χ3v) is 10.0. The number of amides is 1. The molecule has 6 rings (SSSR count). The van der Waals surface area contributed by atoms with Crippen LogP contribution >= 0.6 is 0 Å². The molecule has 2 aliphatic carbocycles. The third-order valence-electron chi connectivity index (χ3n) is 10.0. The quantitative estimate of drug-likeness (QED) is 0.180. The third kappa shape index (κ3) is 5.06. The van der Waals surface area contributed by atoms with Gasteiger partial charge in [0, 0.05) is 37.7 Å². The minimum absolute atomic E-state index is 0.0821. The second-order valence-corrected chi connectivity index (χ2v) is 13.2. The number of hydrogen-bond donors (Lipinski definition) is 1. The number of ether oxygens (including phenoxy) is 2. The van der Waals surface area contributed by atoms with Crippen LogP contribution in [0.4, 0.5) is 13.2 Å². The number of nitrogens with zero attached hydrogens (tertiary/aromatic N) is 2. The zero-order valence-corrected chi connectivity index (χ0v) is 25.8. The molecule has 0 aromatic heterocycles. The van der Waals surface area contributed by atoms with Gasteiger partial charge in [0.25, 0.3) is 0 Å². The van der Waals surface area contributed by atoms with Gasteiger partial charge in [-0.3, -0.25) is 14.5 Å². The monoisotopic (exact) mass is 624 g/mol. The van der Waals surface area contributed by atoms with Crippen molar-refractivity contribution in [2.45, 2.75) is 81.8 Å². The van der Waals surface area contributed by atoms with Crippen molar-refractivity contribution in [2.24, 2.45) is 5.92 Å². The Morgan fingerprint density at radius 1 is 1.24 bits per heavy atom. The van der Waals surface area contributed by atoms with E-state index in [0.717, 1.165) is 23.3 Å². The molecule has 2 aromatic rings. The molecule has 2 aromatic carbocycles. The van der Waals surface area contributed by atoms with E-state index in [1.54, 1.807) is 11.0 Å². The van der Waals surface area contributed by atoms with Crippen LogP contribution in [0.25, 0.3) is 6.08 Å². The van der Waals surface area contributed by atoms with E-state index in [1.165, 1.54) is 31.2 Å². The summed E-state index contributed by atoms with van der Waals surface area (Å²) < 4.78 is 52.3. The Morgan fingerprint density at radius 2 is 2.02 bits per heavy atom. The molecular formula is C35H39F3N2O5. The first-order chi connectivity index (χ1) is 21.3. The van der Waals surface area contributed by atoms with Gasteiger partial charge >= 0.3 is 12.1 Å². The molecule has 2 bridgehead atoms. The van der Waals surface area contributed by atoms with Crippen molar-refractivity contribution in [3.63, 3.8) is 0 Å². The van der Waals surface area contributed by atoms with Gasteiger partial charge in [-0.1, -0.05) is 38.1 Å². The Kier molecular flexibility index (Phi) is 7.88. The van der Waals surface area contributed by atoms with Crippen molar-refractivity contribution in [1.29, 1.82) is 0 Å². The largest absolute Gasteiger partial charge is 0.483 e. The molecule has 1 spiro atoms. The molecule has 2 aliphatic heterocycles. The van der Waals surface area contributed by atoms with Crippen LogP contribution in [0.15, 0.2) is 55.1 Å². The molecule has 45 heavy (non-hydrogen) atoms. The van der Waals surface area contributed by atoms with E-state index >= 15 is 0 Å². The first-order valence-corrected chi connectivity index (χ1v) is 15.5. The zero-order valence-electron chi connectivity index (χ0n) is 25.8. The van der Waals surface area contributed by atoms with Crippen LogP contribution < -0.4 is 9.47 Å². The molecule has 240 valence electrons. The summed E-state index contributed by atoms with van der Waals surface area (Å²) in [6.07, 6.45) is 1.52. The highest BCUT2D eigenvalue weighted by atomic mass is 19.4. The number of esters is 1. The van der Waals surface area contributed by atoms with Gasteiger partial charge < -0.3 is 19.5 Å². The van der Waals surface area contributed by atoms with Crippen molar-refractivity contribution in [3.8, 4) is 11.5 Å². The summed E-state index contributed by atoms with van der Waals surface area (Å²) in [6.45, 7) is 11.0. The van der Waals surface area contributed by atoms with Crippen LogP contribution in [0.2, 0.25) is 0 Å². The molecule has 4 aliphatic rings. The van der Waals surface area contributed by atoms with Crippen LogP contribution in [0, 0.1) is 5.92 Å². The van der Waals surface area contributed by atoms with E-state index in [9.17, 15) is 27.9 Å². The summed E-state index contributed by atoms with van der Waals surface area (Å²) in [5, 5.41) is 12.8. The van der Waals surface area contributed by atoms with Gasteiger partial charge in [0.1, 0.15) is 6.10 Å². The lowest BCUT2D eigenvalue weighted by Crippen LogP contribution is -2.78. The number of alkyl halides is 3. The molecule has 10 heteroatoms. The highest BCUT2D eigenvalue weighted by Gasteiger charge is 2.73. The molecule has 1 amide bonds. The fraction of sp³-hybridized carbons (Fsp3) is 0.486. The Morgan fingerprint density at radius 3 is 2.71 bits per heavy atom. The number of rotatable bonds is 8. The van der Waals surface area contributed by atoms with Gasteiger partial charge in [0.2, 0.25) is 5.91 Å². The van der Waals surface area contributed by atoms with Crippen molar-refractivity contribution < 1.29 is 37.3 Å². The molecule has 2 fully saturated rings. The lowest BCUT2D eigenvalue weighted by Gasteiger charge is -2.64. The number of carbonyl (C=O) groups is 2. The second-order valence-electron chi connectivity index (χ2n) is 13.2. The minimum atomic E-state index is -4.49. The number of piperidine rings is 1. The van der Waals surface area contributed by atoms with Crippen LogP contribution in [0.3, 0.4) is 0 Å². The van der Waals surface area contributed by atoms with Crippen LogP contribution in [0.1, 0.15) is 62.3 Å². The van der Waals surface area contributed by atoms with Gasteiger partial charge in [-0.2, -0.15) is 13.2 Å². The van der Waals surface area contributed by atoms with Crippen LogP contribution in [-0.4, -0.2) is 70.2 Å². The summed E-state index contributed by atoms with van der Waals surface area (Å²) >= 11 is 0. The van der Waals surface area contributed by atoms with E-state index in [4.69, 9.17) is 9.47 Å². The van der Waals surface area contributed by atoms with E-state index in [1.807, 2.05) is 26.0 Å². The lowest BCUT2D eigenvalue weighted by molar-refractivity contribution is -0.199. The molecule has 1 N–H and O–H groups in total. The van der Waals surface area contributed by atoms with Crippen LogP contribution in [0.5, 0.6) is 11.5 Å². The number of halogens is 3. The lowest BCUT2D eigenvalue weighted by atomic mass is 9.48. The summed E-state index contributed by atoms with van der Waals surface area (Å²) in [4.78, 5) is 30.1. The molecule has 1 saturated heterocycles. The molecule has 2 heterocycles. The van der Waals surface area contributed by atoms with E-state index in [2.05, 4.69) is 11.5 Å². The van der Waals surface area contributed by atoms with Gasteiger partial charge in [-0.15, -0.1) is 6.58 Å². The van der Waals surface area contributed by atoms with Crippen molar-refractivity contribution in [2.75, 3.05) is 19.6 Å². The molecule has 0 unspecified atom stereocenters. The Labute approximate surface area is 261 Å². The zero-order chi connectivity index (χ0) is 32.3. The number of hydrogen-bond acceptors (Lipinski definition) is 6. The summed E-state index contributed by atoms with van der Waals surface area (Å²) in [5.41, 5.74) is -0.638. The number of carbonyl (C=O) groups excluding carboxylic acids is 2. The molecule has 5 atom stereocenters. The van der Waals surface area contributed by atoms with Crippen molar-refractivity contribution >= 4 is 18.0 Å². The first kappa shape index (κ1) is 31.4. The molecule has 1 saturated carbocycles. The standard InChI is InChI=1S/C35H39F3N2O5/c1-5-16-39-17-15-33-30-24-10-11-27(44-22(4)41)31(30)45-32(33)26(13-14-34(33,43)28(39)19-24)40(20-21(2)3)29(42)12-9-23-7-6-8-25(18-23)35(36,37)38/h5-12,18,21,26,28,32,43H,1,13-17,19-20H2,2-4H3/t26-,28-,32+,33+,34-/m1/s1.